The summed E-state index contributed by atoms with van der Waals surface area (Å²) in [7, 11) is 0. The Balaban J connectivity index is 2.74. The van der Waals surface area contributed by atoms with Gasteiger partial charge in [-0.05, 0) is 19.9 Å². The maximum atomic E-state index is 11.8. The van der Waals surface area contributed by atoms with E-state index in [2.05, 4.69) is 0 Å². The fourth-order valence-electron chi connectivity index (χ4n) is 2.17. The van der Waals surface area contributed by atoms with Crippen LogP contribution in [0.15, 0.2) is 37.9 Å². The van der Waals surface area contributed by atoms with Crippen molar-refractivity contribution in [1.82, 2.24) is 0 Å². The first kappa shape index (κ1) is 9.21. The Hall–Kier alpha value is -2.03. The topological polar surface area (TPSA) is 43.4 Å². The molecule has 0 unspecified atom stereocenters. The first-order valence-corrected chi connectivity index (χ1v) is 5.10. The summed E-state index contributed by atoms with van der Waals surface area (Å²) in [6, 6.07) is 7.49. The second kappa shape index (κ2) is 2.98. The highest BCUT2D eigenvalue weighted by molar-refractivity contribution is 6.06. The van der Waals surface area contributed by atoms with E-state index in [1.54, 1.807) is 13.0 Å². The molecule has 3 aromatic rings. The van der Waals surface area contributed by atoms with Crippen molar-refractivity contribution in [2.45, 2.75) is 13.8 Å². The summed E-state index contributed by atoms with van der Waals surface area (Å²) in [5.74, 6) is 1.38. The van der Waals surface area contributed by atoms with Gasteiger partial charge >= 0.3 is 5.63 Å². The van der Waals surface area contributed by atoms with E-state index >= 15 is 0 Å². The zero-order valence-electron chi connectivity index (χ0n) is 9.03. The van der Waals surface area contributed by atoms with Gasteiger partial charge in [-0.3, -0.25) is 0 Å². The summed E-state index contributed by atoms with van der Waals surface area (Å²) >= 11 is 0. The molecule has 0 N–H and O–H groups in total. The highest BCUT2D eigenvalue weighted by atomic mass is 16.4. The Morgan fingerprint density at radius 2 is 1.62 bits per heavy atom. The van der Waals surface area contributed by atoms with Crippen LogP contribution in [0.1, 0.15) is 11.5 Å². The summed E-state index contributed by atoms with van der Waals surface area (Å²) in [4.78, 5) is 11.8. The minimum Gasteiger partial charge on any atom is -0.465 e. The second-order valence-corrected chi connectivity index (χ2v) is 3.85. The van der Waals surface area contributed by atoms with Crippen LogP contribution < -0.4 is 5.63 Å². The van der Waals surface area contributed by atoms with E-state index in [0.717, 1.165) is 16.5 Å². The third-order valence-corrected chi connectivity index (χ3v) is 2.82. The van der Waals surface area contributed by atoms with E-state index in [9.17, 15) is 4.79 Å². The lowest BCUT2D eigenvalue weighted by Crippen LogP contribution is -1.99. The van der Waals surface area contributed by atoms with Crippen LogP contribution in [0.5, 0.6) is 0 Å². The molecule has 0 amide bonds. The molecule has 0 radical (unpaired) electrons. The number of benzene rings is 1. The molecule has 2 heterocycles. The third-order valence-electron chi connectivity index (χ3n) is 2.82. The monoisotopic (exact) mass is 214 g/mol. The lowest BCUT2D eigenvalue weighted by atomic mass is 10.1. The Bertz CT molecular complexity index is 747. The van der Waals surface area contributed by atoms with Crippen molar-refractivity contribution >= 4 is 21.7 Å². The minimum atomic E-state index is -0.331. The normalized spacial score (nSPS) is 11.4. The molecule has 0 bridgehead atoms. The van der Waals surface area contributed by atoms with E-state index in [1.165, 1.54) is 0 Å². The van der Waals surface area contributed by atoms with Crippen LogP contribution >= 0.6 is 0 Å². The molecule has 3 nitrogen and oxygen atoms in total. The first-order valence-electron chi connectivity index (χ1n) is 5.10. The van der Waals surface area contributed by atoms with Crippen molar-refractivity contribution in [3.8, 4) is 0 Å². The molecule has 3 heteroatoms. The average Bonchev–Trinajstić information content (AvgIpc) is 2.55. The lowest BCUT2D eigenvalue weighted by Gasteiger charge is -1.97. The van der Waals surface area contributed by atoms with Gasteiger partial charge in [0.25, 0.3) is 0 Å². The standard InChI is InChI=1S/C13H10O3/c1-7-11-9-5-3-4-6-10(9)16-13(14)12(11)8(2)15-7/h3-6H,1-2H3. The van der Waals surface area contributed by atoms with Crippen molar-refractivity contribution in [3.05, 3.63) is 46.2 Å². The third kappa shape index (κ3) is 1.05. The number of rotatable bonds is 0. The molecule has 0 aliphatic rings. The van der Waals surface area contributed by atoms with Crippen LogP contribution in [0, 0.1) is 13.8 Å². The molecule has 0 atom stereocenters. The summed E-state index contributed by atoms with van der Waals surface area (Å²) in [6.07, 6.45) is 0. The fourth-order valence-corrected chi connectivity index (χ4v) is 2.17. The number of para-hydroxylation sites is 1. The van der Waals surface area contributed by atoms with Crippen molar-refractivity contribution in [3.63, 3.8) is 0 Å². The number of aryl methyl sites for hydroxylation is 2. The van der Waals surface area contributed by atoms with Crippen LogP contribution in [-0.2, 0) is 0 Å². The average molecular weight is 214 g/mol. The molecular weight excluding hydrogens is 204 g/mol. The largest absolute Gasteiger partial charge is 0.465 e. The van der Waals surface area contributed by atoms with Gasteiger partial charge in [-0.1, -0.05) is 18.2 Å². The molecule has 0 saturated carbocycles. The zero-order chi connectivity index (χ0) is 11.3. The van der Waals surface area contributed by atoms with Gasteiger partial charge in [0, 0.05) is 10.8 Å². The Morgan fingerprint density at radius 1 is 0.938 bits per heavy atom. The van der Waals surface area contributed by atoms with Crippen molar-refractivity contribution in [1.29, 1.82) is 0 Å². The molecule has 80 valence electrons. The SMILES string of the molecule is Cc1oc(C)c2c1c(=O)oc1ccccc12. The van der Waals surface area contributed by atoms with E-state index in [4.69, 9.17) is 8.83 Å². The highest BCUT2D eigenvalue weighted by Gasteiger charge is 2.15. The molecule has 0 fully saturated rings. The zero-order valence-corrected chi connectivity index (χ0v) is 9.03. The maximum absolute atomic E-state index is 11.8. The molecule has 0 saturated heterocycles. The molecule has 0 spiro atoms. The molecular formula is C13H10O3. The van der Waals surface area contributed by atoms with E-state index in [1.807, 2.05) is 25.1 Å². The molecule has 3 rings (SSSR count). The summed E-state index contributed by atoms with van der Waals surface area (Å²) < 4.78 is 10.7. The molecule has 0 aliphatic heterocycles. The van der Waals surface area contributed by atoms with Gasteiger partial charge in [-0.15, -0.1) is 0 Å². The molecule has 2 aromatic heterocycles. The van der Waals surface area contributed by atoms with Gasteiger partial charge in [-0.2, -0.15) is 0 Å². The van der Waals surface area contributed by atoms with Crippen molar-refractivity contribution in [2.24, 2.45) is 0 Å². The molecule has 16 heavy (non-hydrogen) atoms. The van der Waals surface area contributed by atoms with Crippen LogP contribution in [0.25, 0.3) is 21.7 Å². The number of hydrogen-bond acceptors (Lipinski definition) is 3. The van der Waals surface area contributed by atoms with Crippen molar-refractivity contribution in [2.75, 3.05) is 0 Å². The van der Waals surface area contributed by atoms with E-state index in [0.29, 0.717) is 16.7 Å². The van der Waals surface area contributed by atoms with Crippen LogP contribution in [0.3, 0.4) is 0 Å². The minimum absolute atomic E-state index is 0.331. The Morgan fingerprint density at radius 3 is 2.44 bits per heavy atom. The predicted molar refractivity (Wildman–Crippen MR) is 61.7 cm³/mol. The summed E-state index contributed by atoms with van der Waals surface area (Å²) in [5, 5.41) is 2.34. The first-order chi connectivity index (χ1) is 7.68. The fraction of sp³-hybridized carbons (Fsp3) is 0.154. The van der Waals surface area contributed by atoms with Gasteiger partial charge in [0.05, 0.1) is 0 Å². The smallest absolute Gasteiger partial charge is 0.347 e. The van der Waals surface area contributed by atoms with Gasteiger partial charge in [0.15, 0.2) is 0 Å². The Kier molecular flexibility index (Phi) is 1.72. The van der Waals surface area contributed by atoms with Gasteiger partial charge in [0.1, 0.15) is 22.5 Å². The van der Waals surface area contributed by atoms with E-state index in [-0.39, 0.29) is 5.63 Å². The Labute approximate surface area is 91.3 Å². The predicted octanol–water partition coefficient (Wildman–Crippen LogP) is 3.16. The quantitative estimate of drug-likeness (QED) is 0.540. The maximum Gasteiger partial charge on any atom is 0.347 e. The highest BCUT2D eigenvalue weighted by Crippen LogP contribution is 2.29. The second-order valence-electron chi connectivity index (χ2n) is 3.85. The lowest BCUT2D eigenvalue weighted by molar-refractivity contribution is 0.508. The number of fused-ring (bicyclic) bond motifs is 3. The van der Waals surface area contributed by atoms with Gasteiger partial charge < -0.3 is 8.83 Å². The van der Waals surface area contributed by atoms with E-state index < -0.39 is 0 Å². The number of furan rings is 1. The molecule has 0 aliphatic carbocycles. The van der Waals surface area contributed by atoms with Gasteiger partial charge in [0.2, 0.25) is 0 Å². The van der Waals surface area contributed by atoms with Crippen LogP contribution in [0.2, 0.25) is 0 Å². The summed E-state index contributed by atoms with van der Waals surface area (Å²) in [5.41, 5.74) is 0.270. The summed E-state index contributed by atoms with van der Waals surface area (Å²) in [6.45, 7) is 3.64. The number of hydrogen-bond donors (Lipinski definition) is 0. The van der Waals surface area contributed by atoms with Crippen LogP contribution in [0.4, 0.5) is 0 Å². The van der Waals surface area contributed by atoms with Crippen molar-refractivity contribution < 1.29 is 8.83 Å². The van der Waals surface area contributed by atoms with Crippen LogP contribution in [-0.4, -0.2) is 0 Å². The molecule has 1 aromatic carbocycles. The van der Waals surface area contributed by atoms with Gasteiger partial charge in [-0.25, -0.2) is 4.79 Å².